The highest BCUT2D eigenvalue weighted by atomic mass is 16.5. The van der Waals surface area contributed by atoms with E-state index in [4.69, 9.17) is 9.47 Å². The Hall–Kier alpha value is -2.48. The topological polar surface area (TPSA) is 24.9 Å². The first-order chi connectivity index (χ1) is 12.5. The van der Waals surface area contributed by atoms with Gasteiger partial charge in [0.1, 0.15) is 24.7 Å². The normalized spacial score (nSPS) is 10.5. The highest BCUT2D eigenvalue weighted by molar-refractivity contribution is 5.46. The van der Waals surface area contributed by atoms with Gasteiger partial charge in [0.05, 0.1) is 0 Å². The van der Waals surface area contributed by atoms with Gasteiger partial charge < -0.3 is 19.3 Å². The Balaban J connectivity index is 1.98. The fourth-order valence-corrected chi connectivity index (χ4v) is 2.16. The monoisotopic (exact) mass is 352 g/mol. The lowest BCUT2D eigenvalue weighted by atomic mass is 10.1. The fourth-order valence-electron chi connectivity index (χ4n) is 2.16. The Morgan fingerprint density at radius 3 is 1.50 bits per heavy atom. The van der Waals surface area contributed by atoms with E-state index in [-0.39, 0.29) is 0 Å². The molecule has 138 valence electrons. The van der Waals surface area contributed by atoms with Gasteiger partial charge in [-0.1, -0.05) is 24.0 Å². The molecule has 0 radical (unpaired) electrons. The molecule has 2 aromatic rings. The van der Waals surface area contributed by atoms with E-state index in [0.717, 1.165) is 35.7 Å². The minimum atomic E-state index is 0.663. The molecule has 0 aliphatic carbocycles. The zero-order valence-electron chi connectivity index (χ0n) is 16.2. The molecule has 0 aromatic heterocycles. The maximum atomic E-state index is 5.76. The van der Waals surface area contributed by atoms with Gasteiger partial charge in [-0.05, 0) is 64.6 Å². The molecule has 0 N–H and O–H groups in total. The van der Waals surface area contributed by atoms with Gasteiger partial charge in [-0.2, -0.15) is 0 Å². The van der Waals surface area contributed by atoms with Crippen LogP contribution in [0.15, 0.2) is 48.5 Å². The molecule has 0 aliphatic heterocycles. The van der Waals surface area contributed by atoms with E-state index >= 15 is 0 Å². The average molecular weight is 352 g/mol. The minimum absolute atomic E-state index is 0.663. The minimum Gasteiger partial charge on any atom is -0.492 e. The molecule has 0 saturated carbocycles. The number of hydrogen-bond acceptors (Lipinski definition) is 4. The van der Waals surface area contributed by atoms with E-state index in [1.807, 2.05) is 76.7 Å². The van der Waals surface area contributed by atoms with Gasteiger partial charge in [0.2, 0.25) is 0 Å². The largest absolute Gasteiger partial charge is 0.492 e. The second-order valence-electron chi connectivity index (χ2n) is 6.61. The van der Waals surface area contributed by atoms with Crippen LogP contribution in [0.25, 0.3) is 0 Å². The van der Waals surface area contributed by atoms with Crippen LogP contribution in [0.4, 0.5) is 0 Å². The quantitative estimate of drug-likeness (QED) is 0.682. The zero-order valence-corrected chi connectivity index (χ0v) is 16.2. The molecule has 0 atom stereocenters. The first-order valence-corrected chi connectivity index (χ1v) is 8.80. The molecule has 0 amide bonds. The lowest BCUT2D eigenvalue weighted by Crippen LogP contribution is -2.19. The second kappa shape index (κ2) is 10.5. The van der Waals surface area contributed by atoms with Crippen molar-refractivity contribution < 1.29 is 9.47 Å². The Kier molecular flexibility index (Phi) is 8.01. The SMILES string of the molecule is CN(C)CCOc1cccc(C#Cc2cccc(OCCN(C)C)c2)c1. The summed E-state index contributed by atoms with van der Waals surface area (Å²) in [5, 5.41) is 0. The van der Waals surface area contributed by atoms with Gasteiger partial charge in [-0.3, -0.25) is 0 Å². The molecule has 0 bridgehead atoms. The van der Waals surface area contributed by atoms with Crippen LogP contribution < -0.4 is 9.47 Å². The van der Waals surface area contributed by atoms with Crippen molar-refractivity contribution >= 4 is 0 Å². The molecule has 0 unspecified atom stereocenters. The van der Waals surface area contributed by atoms with Crippen molar-refractivity contribution in [2.75, 3.05) is 54.5 Å². The molecule has 2 rings (SSSR count). The summed E-state index contributed by atoms with van der Waals surface area (Å²) in [5.41, 5.74) is 1.87. The number of likely N-dealkylation sites (N-methyl/N-ethyl adjacent to an activating group) is 2. The third-order valence-electron chi connectivity index (χ3n) is 3.63. The molecular weight excluding hydrogens is 324 g/mol. The van der Waals surface area contributed by atoms with Crippen molar-refractivity contribution in [1.82, 2.24) is 9.80 Å². The van der Waals surface area contributed by atoms with E-state index in [1.54, 1.807) is 0 Å². The summed E-state index contributed by atoms with van der Waals surface area (Å²) in [6.07, 6.45) is 0. The smallest absolute Gasteiger partial charge is 0.120 e. The fraction of sp³-hybridized carbons (Fsp3) is 0.364. The molecule has 0 fully saturated rings. The Bertz CT molecular complexity index is 684. The molecule has 4 heteroatoms. The molecule has 0 heterocycles. The first kappa shape index (κ1) is 19.8. The van der Waals surface area contributed by atoms with Crippen molar-refractivity contribution in [3.05, 3.63) is 59.7 Å². The third-order valence-corrected chi connectivity index (χ3v) is 3.63. The lowest BCUT2D eigenvalue weighted by Gasteiger charge is -2.11. The molecule has 2 aromatic carbocycles. The number of benzene rings is 2. The van der Waals surface area contributed by atoms with Gasteiger partial charge >= 0.3 is 0 Å². The Morgan fingerprint density at radius 1 is 0.692 bits per heavy atom. The molecule has 0 aliphatic rings. The van der Waals surface area contributed by atoms with Crippen LogP contribution >= 0.6 is 0 Å². The van der Waals surface area contributed by atoms with Crippen molar-refractivity contribution in [3.63, 3.8) is 0 Å². The number of nitrogens with zero attached hydrogens (tertiary/aromatic N) is 2. The van der Waals surface area contributed by atoms with Crippen LogP contribution in [0.1, 0.15) is 11.1 Å². The van der Waals surface area contributed by atoms with Gasteiger partial charge in [-0.15, -0.1) is 0 Å². The van der Waals surface area contributed by atoms with E-state index in [2.05, 4.69) is 21.6 Å². The summed E-state index contributed by atoms with van der Waals surface area (Å²) < 4.78 is 11.5. The summed E-state index contributed by atoms with van der Waals surface area (Å²) in [6, 6.07) is 15.8. The molecule has 0 spiro atoms. The van der Waals surface area contributed by atoms with Crippen molar-refractivity contribution in [2.45, 2.75) is 0 Å². The molecule has 0 saturated heterocycles. The maximum Gasteiger partial charge on any atom is 0.120 e. The highest BCUT2D eigenvalue weighted by Crippen LogP contribution is 2.14. The molecule has 4 nitrogen and oxygen atoms in total. The van der Waals surface area contributed by atoms with E-state index in [9.17, 15) is 0 Å². The summed E-state index contributed by atoms with van der Waals surface area (Å²) in [5.74, 6) is 8.09. The van der Waals surface area contributed by atoms with Crippen LogP contribution in [0.3, 0.4) is 0 Å². The van der Waals surface area contributed by atoms with E-state index < -0.39 is 0 Å². The number of hydrogen-bond donors (Lipinski definition) is 0. The van der Waals surface area contributed by atoms with Gasteiger partial charge in [0, 0.05) is 24.2 Å². The average Bonchev–Trinajstić information content (AvgIpc) is 2.60. The summed E-state index contributed by atoms with van der Waals surface area (Å²) in [4.78, 5) is 4.19. The predicted octanol–water partition coefficient (Wildman–Crippen LogP) is 2.97. The second-order valence-corrected chi connectivity index (χ2v) is 6.61. The van der Waals surface area contributed by atoms with Crippen LogP contribution in [-0.4, -0.2) is 64.3 Å². The first-order valence-electron chi connectivity index (χ1n) is 8.80. The Morgan fingerprint density at radius 2 is 1.12 bits per heavy atom. The summed E-state index contributed by atoms with van der Waals surface area (Å²) in [7, 11) is 8.13. The Labute approximate surface area is 157 Å². The standard InChI is InChI=1S/C22H28N2O2/c1-23(2)13-15-25-21-9-5-7-19(17-21)11-12-20-8-6-10-22(18-20)26-16-14-24(3)4/h5-10,17-18H,13-16H2,1-4H3. The third kappa shape index (κ3) is 7.60. The summed E-state index contributed by atoms with van der Waals surface area (Å²) in [6.45, 7) is 3.10. The zero-order chi connectivity index (χ0) is 18.8. The predicted molar refractivity (Wildman–Crippen MR) is 107 cm³/mol. The molecule has 26 heavy (non-hydrogen) atoms. The van der Waals surface area contributed by atoms with Crippen molar-refractivity contribution in [2.24, 2.45) is 0 Å². The highest BCUT2D eigenvalue weighted by Gasteiger charge is 1.98. The lowest BCUT2D eigenvalue weighted by molar-refractivity contribution is 0.261. The van der Waals surface area contributed by atoms with Crippen LogP contribution in [-0.2, 0) is 0 Å². The number of rotatable bonds is 8. The van der Waals surface area contributed by atoms with Gasteiger partial charge in [-0.25, -0.2) is 0 Å². The van der Waals surface area contributed by atoms with Gasteiger partial charge in [0.25, 0.3) is 0 Å². The van der Waals surface area contributed by atoms with Crippen LogP contribution in [0.5, 0.6) is 11.5 Å². The van der Waals surface area contributed by atoms with E-state index in [0.29, 0.717) is 13.2 Å². The van der Waals surface area contributed by atoms with Crippen LogP contribution in [0.2, 0.25) is 0 Å². The van der Waals surface area contributed by atoms with Crippen molar-refractivity contribution in [1.29, 1.82) is 0 Å². The van der Waals surface area contributed by atoms with Gasteiger partial charge in [0.15, 0.2) is 0 Å². The van der Waals surface area contributed by atoms with E-state index in [1.165, 1.54) is 0 Å². The maximum absolute atomic E-state index is 5.76. The molecular formula is C22H28N2O2. The number of ether oxygens (including phenoxy) is 2. The van der Waals surface area contributed by atoms with Crippen molar-refractivity contribution in [3.8, 4) is 23.3 Å². The van der Waals surface area contributed by atoms with Crippen LogP contribution in [0, 0.1) is 11.8 Å². The summed E-state index contributed by atoms with van der Waals surface area (Å²) >= 11 is 0.